The molecule has 0 aliphatic carbocycles. The average molecular weight is 356 g/mol. The van der Waals surface area contributed by atoms with Gasteiger partial charge >= 0.3 is 0 Å². The van der Waals surface area contributed by atoms with Crippen LogP contribution in [-0.4, -0.2) is 36.1 Å². The average Bonchev–Trinajstić information content (AvgIpc) is 2.91. The van der Waals surface area contributed by atoms with Crippen molar-refractivity contribution in [3.8, 4) is 23.7 Å². The normalized spacial score (nSPS) is 16.3. The first-order chi connectivity index (χ1) is 10.3. The minimum Gasteiger partial charge on any atom is -0.490 e. The molecule has 1 aliphatic rings. The van der Waals surface area contributed by atoms with E-state index in [1.165, 1.54) is 12.8 Å². The number of aromatic nitrogens is 1. The summed E-state index contributed by atoms with van der Waals surface area (Å²) in [6, 6.07) is 4.55. The van der Waals surface area contributed by atoms with Gasteiger partial charge in [-0.3, -0.25) is 4.98 Å². The Balaban J connectivity index is 0.00000242. The molecule has 0 spiro atoms. The summed E-state index contributed by atoms with van der Waals surface area (Å²) < 4.78 is 5.83. The lowest BCUT2D eigenvalue weighted by molar-refractivity contribution is 0.198. The maximum atomic E-state index is 8.46. The van der Waals surface area contributed by atoms with Gasteiger partial charge in [-0.1, -0.05) is 11.8 Å². The molecule has 0 radical (unpaired) electrons. The molecule has 1 atom stereocenters. The van der Waals surface area contributed by atoms with E-state index in [2.05, 4.69) is 34.8 Å². The first kappa shape index (κ1) is 21.5. The lowest BCUT2D eigenvalue weighted by Crippen LogP contribution is -2.30. The van der Waals surface area contributed by atoms with Crippen LogP contribution in [0.2, 0.25) is 0 Å². The van der Waals surface area contributed by atoms with Crippen LogP contribution in [0.25, 0.3) is 0 Å². The van der Waals surface area contributed by atoms with E-state index in [1.54, 1.807) is 12.4 Å². The summed E-state index contributed by atoms with van der Waals surface area (Å²) in [5.41, 5.74) is 0.865. The summed E-state index contributed by atoms with van der Waals surface area (Å²) in [7, 11) is 2.14. The Morgan fingerprint density at radius 2 is 2.17 bits per heavy atom. The smallest absolute Gasteiger partial charge is 0.138 e. The number of hydrogen-bond donors (Lipinski definition) is 0. The molecule has 1 saturated heterocycles. The number of ether oxygens (including phenoxy) is 1. The summed E-state index contributed by atoms with van der Waals surface area (Å²) in [6.45, 7) is 1.86. The molecule has 0 amide bonds. The van der Waals surface area contributed by atoms with Gasteiger partial charge in [-0.2, -0.15) is 5.26 Å². The van der Waals surface area contributed by atoms with Crippen LogP contribution in [0.1, 0.15) is 37.7 Å². The standard InChI is InChI=1S/C17H21N3O.2ClH/c1-20-10-6-8-16(20)14-21-17-11-15(12-19-13-17)7-4-2-3-5-9-18;;/h11-13,16H,2-3,5-6,8,10,14H2,1H3;2*1H/t16-;;/m0../s1. The number of likely N-dealkylation sites (tertiary alicyclic amines) is 1. The highest BCUT2D eigenvalue weighted by atomic mass is 35.5. The summed E-state index contributed by atoms with van der Waals surface area (Å²) in [5.74, 6) is 6.91. The Labute approximate surface area is 151 Å². The van der Waals surface area contributed by atoms with Crippen molar-refractivity contribution in [2.75, 3.05) is 20.2 Å². The molecule has 1 aromatic rings. The number of hydrogen-bond acceptors (Lipinski definition) is 4. The number of nitrogens with zero attached hydrogens (tertiary/aromatic N) is 3. The molecule has 1 fully saturated rings. The number of unbranched alkanes of at least 4 members (excludes halogenated alkanes) is 2. The van der Waals surface area contributed by atoms with Crippen LogP contribution in [-0.2, 0) is 0 Å². The SMILES string of the molecule is CN1CCC[C@H]1COc1cncc(C#CCCCC#N)c1.Cl.Cl. The second-order valence-corrected chi connectivity index (χ2v) is 5.31. The minimum absolute atomic E-state index is 0. The van der Waals surface area contributed by atoms with Crippen molar-refractivity contribution in [3.05, 3.63) is 24.0 Å². The monoisotopic (exact) mass is 355 g/mol. The number of likely N-dealkylation sites (N-methyl/N-ethyl adjacent to an activating group) is 1. The Morgan fingerprint density at radius 3 is 2.87 bits per heavy atom. The van der Waals surface area contributed by atoms with E-state index in [4.69, 9.17) is 10.00 Å². The van der Waals surface area contributed by atoms with Crippen LogP contribution in [0.5, 0.6) is 5.75 Å². The van der Waals surface area contributed by atoms with E-state index < -0.39 is 0 Å². The number of rotatable bonds is 5. The lowest BCUT2D eigenvalue weighted by Gasteiger charge is -2.19. The van der Waals surface area contributed by atoms with Crippen molar-refractivity contribution < 1.29 is 4.74 Å². The molecule has 0 unspecified atom stereocenters. The summed E-state index contributed by atoms with van der Waals surface area (Å²) in [5, 5.41) is 8.46. The third kappa shape index (κ3) is 7.57. The molecule has 0 bridgehead atoms. The lowest BCUT2D eigenvalue weighted by atomic mass is 10.2. The molecule has 0 aromatic carbocycles. The van der Waals surface area contributed by atoms with Crippen molar-refractivity contribution in [1.82, 2.24) is 9.88 Å². The van der Waals surface area contributed by atoms with Gasteiger partial charge in [-0.15, -0.1) is 24.8 Å². The third-order valence-corrected chi connectivity index (χ3v) is 3.65. The van der Waals surface area contributed by atoms with Crippen molar-refractivity contribution >= 4 is 24.8 Å². The van der Waals surface area contributed by atoms with E-state index >= 15 is 0 Å². The summed E-state index contributed by atoms with van der Waals surface area (Å²) >= 11 is 0. The highest BCUT2D eigenvalue weighted by Gasteiger charge is 2.21. The predicted molar refractivity (Wildman–Crippen MR) is 96.2 cm³/mol. The molecule has 23 heavy (non-hydrogen) atoms. The van der Waals surface area contributed by atoms with Gasteiger partial charge in [-0.25, -0.2) is 0 Å². The molecular weight excluding hydrogens is 333 g/mol. The van der Waals surface area contributed by atoms with Gasteiger partial charge in [0.1, 0.15) is 12.4 Å². The molecule has 1 aromatic heterocycles. The molecule has 2 heterocycles. The molecule has 126 valence electrons. The maximum Gasteiger partial charge on any atom is 0.138 e. The van der Waals surface area contributed by atoms with E-state index in [9.17, 15) is 0 Å². The van der Waals surface area contributed by atoms with Crippen LogP contribution in [0.15, 0.2) is 18.5 Å². The molecular formula is C17H23Cl2N3O. The Morgan fingerprint density at radius 1 is 1.35 bits per heavy atom. The van der Waals surface area contributed by atoms with Crippen molar-refractivity contribution in [2.24, 2.45) is 0 Å². The fraction of sp³-hybridized carbons (Fsp3) is 0.529. The summed E-state index contributed by atoms with van der Waals surface area (Å²) in [6.07, 6.45) is 8.04. The highest BCUT2D eigenvalue weighted by molar-refractivity contribution is 5.85. The van der Waals surface area contributed by atoms with Crippen molar-refractivity contribution in [2.45, 2.75) is 38.1 Å². The summed E-state index contributed by atoms with van der Waals surface area (Å²) in [4.78, 5) is 6.51. The molecule has 1 aliphatic heterocycles. The molecule has 4 nitrogen and oxygen atoms in total. The zero-order valence-electron chi connectivity index (χ0n) is 13.3. The van der Waals surface area contributed by atoms with E-state index in [1.807, 2.05) is 6.07 Å². The zero-order valence-corrected chi connectivity index (χ0v) is 15.0. The van der Waals surface area contributed by atoms with Crippen LogP contribution in [0, 0.1) is 23.2 Å². The second kappa shape index (κ2) is 12.0. The minimum atomic E-state index is 0. The Hall–Kier alpha value is -1.46. The second-order valence-electron chi connectivity index (χ2n) is 5.31. The molecule has 6 heteroatoms. The third-order valence-electron chi connectivity index (χ3n) is 3.65. The quantitative estimate of drug-likeness (QED) is 0.599. The first-order valence-electron chi connectivity index (χ1n) is 7.43. The first-order valence-corrected chi connectivity index (χ1v) is 7.43. The van der Waals surface area contributed by atoms with E-state index in [-0.39, 0.29) is 24.8 Å². The van der Waals surface area contributed by atoms with Crippen LogP contribution in [0.3, 0.4) is 0 Å². The van der Waals surface area contributed by atoms with Crippen molar-refractivity contribution in [1.29, 1.82) is 5.26 Å². The fourth-order valence-electron chi connectivity index (χ4n) is 2.37. The molecule has 2 rings (SSSR count). The number of nitriles is 1. The van der Waals surface area contributed by atoms with Gasteiger partial charge in [0.05, 0.1) is 12.3 Å². The van der Waals surface area contributed by atoms with E-state index in [0.717, 1.165) is 30.7 Å². The zero-order chi connectivity index (χ0) is 14.9. The van der Waals surface area contributed by atoms with Crippen LogP contribution in [0.4, 0.5) is 0 Å². The van der Waals surface area contributed by atoms with Gasteiger partial charge in [-0.05, 0) is 38.9 Å². The van der Waals surface area contributed by atoms with Crippen LogP contribution < -0.4 is 4.74 Å². The van der Waals surface area contributed by atoms with Gasteiger partial charge < -0.3 is 9.64 Å². The highest BCUT2D eigenvalue weighted by Crippen LogP contribution is 2.17. The van der Waals surface area contributed by atoms with E-state index in [0.29, 0.717) is 19.1 Å². The Bertz CT molecular complexity index is 563. The number of halogens is 2. The maximum absolute atomic E-state index is 8.46. The van der Waals surface area contributed by atoms with Crippen LogP contribution >= 0.6 is 24.8 Å². The number of pyridine rings is 1. The van der Waals surface area contributed by atoms with Gasteiger partial charge in [0.15, 0.2) is 0 Å². The topological polar surface area (TPSA) is 49.1 Å². The fourth-order valence-corrected chi connectivity index (χ4v) is 2.37. The van der Waals surface area contributed by atoms with Gasteiger partial charge in [0.2, 0.25) is 0 Å². The molecule has 0 N–H and O–H groups in total. The van der Waals surface area contributed by atoms with Gasteiger partial charge in [0, 0.05) is 30.6 Å². The van der Waals surface area contributed by atoms with Gasteiger partial charge in [0.25, 0.3) is 0 Å². The van der Waals surface area contributed by atoms with Crippen molar-refractivity contribution in [3.63, 3.8) is 0 Å². The Kier molecular flexibility index (Phi) is 11.3. The largest absolute Gasteiger partial charge is 0.490 e. The molecule has 0 saturated carbocycles. The predicted octanol–water partition coefficient (Wildman–Crippen LogP) is 3.44.